The second kappa shape index (κ2) is 5.49. The Hall–Kier alpha value is -2.09. The summed E-state index contributed by atoms with van der Waals surface area (Å²) in [6.07, 6.45) is 1.79. The summed E-state index contributed by atoms with van der Waals surface area (Å²) in [4.78, 5) is 4.24. The number of hydrogen-bond acceptors (Lipinski definition) is 5. The molecular formula is C12H9BrFN5O. The Balaban J connectivity index is 1.78. The topological polar surface area (TPSA) is 69.6 Å². The standard InChI is InChI=1S/C12H9BrFN5O/c13-5-10-6-19(18-16-10)7-11-15-12(20-17-11)8-1-3-9(14)4-2-8/h1-4,6H,5,7H2. The summed E-state index contributed by atoms with van der Waals surface area (Å²) in [7, 11) is 0. The van der Waals surface area contributed by atoms with Gasteiger partial charge in [-0.25, -0.2) is 9.07 Å². The molecule has 2 aromatic heterocycles. The van der Waals surface area contributed by atoms with Gasteiger partial charge < -0.3 is 4.52 Å². The van der Waals surface area contributed by atoms with Crippen molar-refractivity contribution in [2.45, 2.75) is 11.9 Å². The smallest absolute Gasteiger partial charge is 0.257 e. The summed E-state index contributed by atoms with van der Waals surface area (Å²) >= 11 is 3.30. The van der Waals surface area contributed by atoms with Crippen LogP contribution in [-0.2, 0) is 11.9 Å². The molecule has 0 saturated carbocycles. The molecule has 20 heavy (non-hydrogen) atoms. The van der Waals surface area contributed by atoms with E-state index in [1.165, 1.54) is 12.1 Å². The minimum atomic E-state index is -0.307. The molecule has 0 radical (unpaired) electrons. The van der Waals surface area contributed by atoms with E-state index in [0.29, 0.717) is 29.2 Å². The summed E-state index contributed by atoms with van der Waals surface area (Å²) in [6.45, 7) is 0.366. The monoisotopic (exact) mass is 337 g/mol. The summed E-state index contributed by atoms with van der Waals surface area (Å²) in [6, 6.07) is 5.87. The lowest BCUT2D eigenvalue weighted by Crippen LogP contribution is -2.02. The molecule has 3 aromatic rings. The van der Waals surface area contributed by atoms with E-state index in [2.05, 4.69) is 36.4 Å². The Morgan fingerprint density at radius 2 is 2.05 bits per heavy atom. The van der Waals surface area contributed by atoms with E-state index in [-0.39, 0.29) is 5.82 Å². The van der Waals surface area contributed by atoms with E-state index in [1.54, 1.807) is 23.0 Å². The summed E-state index contributed by atoms with van der Waals surface area (Å²) in [5, 5.41) is 12.4. The molecule has 0 spiro atoms. The zero-order valence-electron chi connectivity index (χ0n) is 10.2. The largest absolute Gasteiger partial charge is 0.334 e. The van der Waals surface area contributed by atoms with E-state index < -0.39 is 0 Å². The van der Waals surface area contributed by atoms with Crippen LogP contribution >= 0.6 is 15.9 Å². The molecule has 0 bridgehead atoms. The van der Waals surface area contributed by atoms with Crippen molar-refractivity contribution < 1.29 is 8.91 Å². The van der Waals surface area contributed by atoms with Gasteiger partial charge in [0.05, 0.1) is 5.69 Å². The molecule has 0 atom stereocenters. The van der Waals surface area contributed by atoms with Crippen LogP contribution in [0.5, 0.6) is 0 Å². The van der Waals surface area contributed by atoms with Crippen LogP contribution in [0.2, 0.25) is 0 Å². The average molecular weight is 338 g/mol. The van der Waals surface area contributed by atoms with Crippen LogP contribution in [0.1, 0.15) is 11.5 Å². The van der Waals surface area contributed by atoms with Gasteiger partial charge in [0, 0.05) is 17.1 Å². The molecule has 0 fully saturated rings. The highest BCUT2D eigenvalue weighted by molar-refractivity contribution is 9.08. The minimum Gasteiger partial charge on any atom is -0.334 e. The van der Waals surface area contributed by atoms with Crippen molar-refractivity contribution in [3.05, 3.63) is 47.8 Å². The molecule has 0 aliphatic rings. The van der Waals surface area contributed by atoms with Crippen molar-refractivity contribution in [3.63, 3.8) is 0 Å². The van der Waals surface area contributed by atoms with Gasteiger partial charge >= 0.3 is 0 Å². The van der Waals surface area contributed by atoms with Crippen molar-refractivity contribution in [1.29, 1.82) is 0 Å². The maximum Gasteiger partial charge on any atom is 0.257 e. The van der Waals surface area contributed by atoms with Crippen molar-refractivity contribution in [2.75, 3.05) is 0 Å². The molecule has 0 amide bonds. The second-order valence-corrected chi connectivity index (χ2v) is 4.62. The second-order valence-electron chi connectivity index (χ2n) is 4.06. The third-order valence-electron chi connectivity index (χ3n) is 2.59. The number of benzene rings is 1. The first kappa shape index (κ1) is 12.9. The first-order valence-corrected chi connectivity index (χ1v) is 6.90. The maximum atomic E-state index is 12.8. The fourth-order valence-corrected chi connectivity index (χ4v) is 1.91. The Morgan fingerprint density at radius 1 is 1.25 bits per heavy atom. The Labute approximate surface area is 121 Å². The van der Waals surface area contributed by atoms with Gasteiger partial charge in [0.25, 0.3) is 5.89 Å². The maximum absolute atomic E-state index is 12.8. The number of rotatable bonds is 4. The molecule has 0 saturated heterocycles. The molecule has 0 aliphatic heterocycles. The van der Waals surface area contributed by atoms with Gasteiger partial charge in [0.15, 0.2) is 5.82 Å². The molecule has 1 aromatic carbocycles. The number of aromatic nitrogens is 5. The first-order valence-electron chi connectivity index (χ1n) is 5.78. The Morgan fingerprint density at radius 3 is 2.75 bits per heavy atom. The van der Waals surface area contributed by atoms with Crippen LogP contribution in [0, 0.1) is 5.82 Å². The molecular weight excluding hydrogens is 329 g/mol. The summed E-state index contributed by atoms with van der Waals surface area (Å²) in [5.41, 5.74) is 1.50. The lowest BCUT2D eigenvalue weighted by Gasteiger charge is -1.93. The van der Waals surface area contributed by atoms with Crippen LogP contribution in [-0.4, -0.2) is 25.1 Å². The van der Waals surface area contributed by atoms with Crippen LogP contribution in [0.3, 0.4) is 0 Å². The zero-order chi connectivity index (χ0) is 13.9. The van der Waals surface area contributed by atoms with Gasteiger partial charge in [-0.1, -0.05) is 26.3 Å². The molecule has 6 nitrogen and oxygen atoms in total. The molecule has 0 aliphatic carbocycles. The SMILES string of the molecule is Fc1ccc(-c2nc(Cn3cc(CBr)nn3)no2)cc1. The Bertz CT molecular complexity index is 709. The van der Waals surface area contributed by atoms with E-state index in [0.717, 1.165) is 5.69 Å². The fourth-order valence-electron chi connectivity index (χ4n) is 1.65. The van der Waals surface area contributed by atoms with Gasteiger partial charge in [-0.15, -0.1) is 5.10 Å². The first-order chi connectivity index (χ1) is 9.74. The van der Waals surface area contributed by atoms with Crippen LogP contribution < -0.4 is 0 Å². The van der Waals surface area contributed by atoms with Gasteiger partial charge in [0.1, 0.15) is 12.4 Å². The van der Waals surface area contributed by atoms with Crippen LogP contribution in [0.15, 0.2) is 35.0 Å². The summed E-state index contributed by atoms with van der Waals surface area (Å²) in [5.74, 6) is 0.523. The van der Waals surface area contributed by atoms with Gasteiger partial charge in [0.2, 0.25) is 0 Å². The van der Waals surface area contributed by atoms with E-state index in [1.807, 2.05) is 0 Å². The van der Waals surface area contributed by atoms with E-state index in [9.17, 15) is 4.39 Å². The van der Waals surface area contributed by atoms with E-state index >= 15 is 0 Å². The molecule has 0 N–H and O–H groups in total. The van der Waals surface area contributed by atoms with Crippen molar-refractivity contribution in [2.24, 2.45) is 0 Å². The molecule has 8 heteroatoms. The predicted molar refractivity (Wildman–Crippen MR) is 71.4 cm³/mol. The number of halogens is 2. The highest BCUT2D eigenvalue weighted by atomic mass is 79.9. The zero-order valence-corrected chi connectivity index (χ0v) is 11.8. The molecule has 0 unspecified atom stereocenters. The molecule has 3 rings (SSSR count). The number of alkyl halides is 1. The average Bonchev–Trinajstić information content (AvgIpc) is 3.09. The third-order valence-corrected chi connectivity index (χ3v) is 3.16. The fraction of sp³-hybridized carbons (Fsp3) is 0.167. The predicted octanol–water partition coefficient (Wildman–Crippen LogP) is 2.41. The summed E-state index contributed by atoms with van der Waals surface area (Å²) < 4.78 is 19.6. The highest BCUT2D eigenvalue weighted by Gasteiger charge is 2.10. The lowest BCUT2D eigenvalue weighted by atomic mass is 10.2. The lowest BCUT2D eigenvalue weighted by molar-refractivity contribution is 0.418. The normalized spacial score (nSPS) is 10.9. The van der Waals surface area contributed by atoms with Gasteiger partial charge in [-0.3, -0.25) is 0 Å². The Kier molecular flexibility index (Phi) is 3.55. The van der Waals surface area contributed by atoms with Crippen molar-refractivity contribution in [1.82, 2.24) is 25.1 Å². The van der Waals surface area contributed by atoms with Crippen molar-refractivity contribution >= 4 is 15.9 Å². The molecule has 2 heterocycles. The van der Waals surface area contributed by atoms with Crippen LogP contribution in [0.4, 0.5) is 4.39 Å². The number of hydrogen-bond donors (Lipinski definition) is 0. The highest BCUT2D eigenvalue weighted by Crippen LogP contribution is 2.17. The molecule has 102 valence electrons. The third kappa shape index (κ3) is 2.74. The van der Waals surface area contributed by atoms with Crippen molar-refractivity contribution in [3.8, 4) is 11.5 Å². The van der Waals surface area contributed by atoms with Gasteiger partial charge in [-0.2, -0.15) is 4.98 Å². The quantitative estimate of drug-likeness (QED) is 0.684. The minimum absolute atomic E-state index is 0.307. The number of nitrogens with zero attached hydrogens (tertiary/aromatic N) is 5. The van der Waals surface area contributed by atoms with Gasteiger partial charge in [-0.05, 0) is 24.3 Å². The van der Waals surface area contributed by atoms with Crippen LogP contribution in [0.25, 0.3) is 11.5 Å². The van der Waals surface area contributed by atoms with E-state index in [4.69, 9.17) is 4.52 Å².